The Bertz CT molecular complexity index is 866. The van der Waals surface area contributed by atoms with Crippen LogP contribution in [0.4, 0.5) is 21.9 Å². The average molecular weight is 354 g/mol. The number of hydrogen-bond donors (Lipinski definition) is 4. The molecule has 8 nitrogen and oxygen atoms in total. The third-order valence-electron chi connectivity index (χ3n) is 3.59. The molecule has 4 amide bonds. The molecule has 1 aliphatic heterocycles. The predicted molar refractivity (Wildman–Crippen MR) is 97.7 cm³/mol. The van der Waals surface area contributed by atoms with E-state index >= 15 is 0 Å². The van der Waals surface area contributed by atoms with Crippen LogP contribution in [0, 0.1) is 0 Å². The molecule has 134 valence electrons. The van der Waals surface area contributed by atoms with Crippen molar-refractivity contribution >= 4 is 34.9 Å². The molecular weight excluding hydrogens is 336 g/mol. The van der Waals surface area contributed by atoms with E-state index in [4.69, 9.17) is 4.74 Å². The molecule has 1 heterocycles. The van der Waals surface area contributed by atoms with Crippen LogP contribution in [0.5, 0.6) is 5.75 Å². The molecular formula is C18H18N4O4. The van der Waals surface area contributed by atoms with E-state index in [1.165, 1.54) is 0 Å². The maximum atomic E-state index is 12.5. The van der Waals surface area contributed by atoms with Gasteiger partial charge in [-0.1, -0.05) is 6.07 Å². The normalized spacial score (nSPS) is 12.3. The number of anilines is 3. The van der Waals surface area contributed by atoms with Crippen LogP contribution in [0.1, 0.15) is 17.3 Å². The van der Waals surface area contributed by atoms with Crippen LogP contribution in [0.15, 0.2) is 42.5 Å². The van der Waals surface area contributed by atoms with Crippen LogP contribution >= 0.6 is 0 Å². The fourth-order valence-electron chi connectivity index (χ4n) is 2.44. The highest BCUT2D eigenvalue weighted by Crippen LogP contribution is 2.28. The summed E-state index contributed by atoms with van der Waals surface area (Å²) in [4.78, 5) is 35.4. The number of carbonyl (C=O) groups is 3. The minimum atomic E-state index is -0.345. The Balaban J connectivity index is 1.71. The molecule has 2 aromatic rings. The van der Waals surface area contributed by atoms with Gasteiger partial charge in [0.1, 0.15) is 5.75 Å². The molecule has 0 bridgehead atoms. The Morgan fingerprint density at radius 1 is 1.12 bits per heavy atom. The van der Waals surface area contributed by atoms with Crippen molar-refractivity contribution < 1.29 is 19.1 Å². The van der Waals surface area contributed by atoms with Crippen LogP contribution in [0.2, 0.25) is 0 Å². The fourth-order valence-corrected chi connectivity index (χ4v) is 2.44. The molecule has 0 atom stereocenters. The molecule has 0 aromatic heterocycles. The van der Waals surface area contributed by atoms with Crippen LogP contribution in [-0.4, -0.2) is 31.0 Å². The maximum Gasteiger partial charge on any atom is 0.319 e. The summed E-state index contributed by atoms with van der Waals surface area (Å²) in [5, 5.41) is 10.7. The van der Waals surface area contributed by atoms with Crippen LogP contribution < -0.4 is 26.0 Å². The van der Waals surface area contributed by atoms with Gasteiger partial charge >= 0.3 is 6.03 Å². The van der Waals surface area contributed by atoms with E-state index in [9.17, 15) is 14.4 Å². The van der Waals surface area contributed by atoms with E-state index in [0.717, 1.165) is 0 Å². The Hall–Kier alpha value is -3.55. The second-order valence-electron chi connectivity index (χ2n) is 5.57. The van der Waals surface area contributed by atoms with Crippen molar-refractivity contribution in [3.8, 4) is 5.75 Å². The first kappa shape index (κ1) is 17.3. The first-order valence-corrected chi connectivity index (χ1v) is 8.08. The number of urea groups is 1. The van der Waals surface area contributed by atoms with E-state index in [1.807, 2.05) is 6.92 Å². The van der Waals surface area contributed by atoms with Gasteiger partial charge in [0.15, 0.2) is 6.61 Å². The van der Waals surface area contributed by atoms with Crippen molar-refractivity contribution in [1.82, 2.24) is 5.32 Å². The molecule has 0 aliphatic carbocycles. The maximum absolute atomic E-state index is 12.5. The van der Waals surface area contributed by atoms with Crippen LogP contribution in [0.3, 0.4) is 0 Å². The van der Waals surface area contributed by atoms with Crippen LogP contribution in [0.25, 0.3) is 0 Å². The highest BCUT2D eigenvalue weighted by Gasteiger charge is 2.18. The zero-order valence-corrected chi connectivity index (χ0v) is 14.1. The first-order valence-electron chi connectivity index (χ1n) is 8.08. The Morgan fingerprint density at radius 2 is 1.88 bits per heavy atom. The van der Waals surface area contributed by atoms with E-state index in [0.29, 0.717) is 34.9 Å². The van der Waals surface area contributed by atoms with E-state index in [2.05, 4.69) is 21.3 Å². The number of carbonyl (C=O) groups excluding carboxylic acids is 3. The lowest BCUT2D eigenvalue weighted by Crippen LogP contribution is -2.28. The molecule has 3 rings (SSSR count). The number of ether oxygens (including phenoxy) is 1. The second-order valence-corrected chi connectivity index (χ2v) is 5.57. The highest BCUT2D eigenvalue weighted by atomic mass is 16.5. The van der Waals surface area contributed by atoms with Gasteiger partial charge in [-0.2, -0.15) is 0 Å². The lowest BCUT2D eigenvalue weighted by molar-refractivity contribution is -0.118. The second kappa shape index (κ2) is 7.56. The van der Waals surface area contributed by atoms with Gasteiger partial charge in [-0.25, -0.2) is 4.79 Å². The Labute approximate surface area is 149 Å². The van der Waals surface area contributed by atoms with Gasteiger partial charge in [-0.15, -0.1) is 0 Å². The fraction of sp³-hybridized carbons (Fsp3) is 0.167. The molecule has 0 saturated carbocycles. The van der Waals surface area contributed by atoms with Gasteiger partial charge in [0, 0.05) is 23.5 Å². The molecule has 0 radical (unpaired) electrons. The van der Waals surface area contributed by atoms with Crippen molar-refractivity contribution in [3.05, 3.63) is 48.0 Å². The summed E-state index contributed by atoms with van der Waals surface area (Å²) in [5.41, 5.74) is 1.92. The highest BCUT2D eigenvalue weighted by molar-refractivity contribution is 6.06. The predicted octanol–water partition coefficient (Wildman–Crippen LogP) is 2.41. The van der Waals surface area contributed by atoms with Gasteiger partial charge in [0.2, 0.25) is 0 Å². The third kappa shape index (κ3) is 4.10. The van der Waals surface area contributed by atoms with E-state index < -0.39 is 0 Å². The average Bonchev–Trinajstić information content (AvgIpc) is 2.61. The van der Waals surface area contributed by atoms with Gasteiger partial charge < -0.3 is 26.0 Å². The smallest absolute Gasteiger partial charge is 0.319 e. The van der Waals surface area contributed by atoms with E-state index in [-0.39, 0.29) is 24.5 Å². The largest absolute Gasteiger partial charge is 0.482 e. The summed E-state index contributed by atoms with van der Waals surface area (Å²) < 4.78 is 5.27. The summed E-state index contributed by atoms with van der Waals surface area (Å²) >= 11 is 0. The van der Waals surface area contributed by atoms with Crippen molar-refractivity contribution in [1.29, 1.82) is 0 Å². The molecule has 0 saturated heterocycles. The number of fused-ring (bicyclic) bond motifs is 1. The quantitative estimate of drug-likeness (QED) is 0.676. The first-order chi connectivity index (χ1) is 12.5. The molecule has 0 unspecified atom stereocenters. The van der Waals surface area contributed by atoms with Crippen LogP contribution in [-0.2, 0) is 4.79 Å². The Morgan fingerprint density at radius 3 is 2.65 bits per heavy atom. The summed E-state index contributed by atoms with van der Waals surface area (Å²) in [5.74, 6) is -0.0868. The number of hydrogen-bond acceptors (Lipinski definition) is 4. The topological polar surface area (TPSA) is 109 Å². The lowest BCUT2D eigenvalue weighted by atomic mass is 10.1. The lowest BCUT2D eigenvalue weighted by Gasteiger charge is -2.18. The van der Waals surface area contributed by atoms with E-state index in [1.54, 1.807) is 42.5 Å². The van der Waals surface area contributed by atoms with Crippen molar-refractivity contribution in [3.63, 3.8) is 0 Å². The molecule has 4 N–H and O–H groups in total. The van der Waals surface area contributed by atoms with Gasteiger partial charge in [0.05, 0.1) is 5.69 Å². The summed E-state index contributed by atoms with van der Waals surface area (Å²) in [7, 11) is 0. The van der Waals surface area contributed by atoms with Gasteiger partial charge in [-0.3, -0.25) is 9.59 Å². The minimum absolute atomic E-state index is 0.0378. The number of benzene rings is 2. The van der Waals surface area contributed by atoms with Crippen molar-refractivity contribution in [2.24, 2.45) is 0 Å². The zero-order chi connectivity index (χ0) is 18.5. The molecule has 8 heteroatoms. The molecule has 1 aliphatic rings. The third-order valence-corrected chi connectivity index (χ3v) is 3.59. The monoisotopic (exact) mass is 354 g/mol. The standard InChI is InChI=1S/C18H18N4O4/c1-2-19-18(25)21-13-5-3-4-12(9-13)20-17(24)11-6-7-15-14(8-11)22-16(23)10-26-15/h3-9H,2,10H2,1H3,(H,20,24)(H,22,23)(H2,19,21,25). The summed E-state index contributed by atoms with van der Waals surface area (Å²) in [6.45, 7) is 2.30. The summed E-state index contributed by atoms with van der Waals surface area (Å²) in [6.07, 6.45) is 0. The number of amides is 4. The molecule has 2 aromatic carbocycles. The molecule has 26 heavy (non-hydrogen) atoms. The number of rotatable bonds is 4. The van der Waals surface area contributed by atoms with Gasteiger partial charge in [0.25, 0.3) is 11.8 Å². The molecule has 0 spiro atoms. The summed E-state index contributed by atoms with van der Waals surface area (Å²) in [6, 6.07) is 11.3. The van der Waals surface area contributed by atoms with Crippen molar-refractivity contribution in [2.75, 3.05) is 29.1 Å². The zero-order valence-electron chi connectivity index (χ0n) is 14.1. The Kier molecular flexibility index (Phi) is 5.02. The number of nitrogens with one attached hydrogen (secondary N) is 4. The van der Waals surface area contributed by atoms with Crippen molar-refractivity contribution in [2.45, 2.75) is 6.92 Å². The van der Waals surface area contributed by atoms with Gasteiger partial charge in [-0.05, 0) is 43.3 Å². The molecule has 0 fully saturated rings. The SMILES string of the molecule is CCNC(=O)Nc1cccc(NC(=O)c2ccc3c(c2)NC(=O)CO3)c1. The minimum Gasteiger partial charge on any atom is -0.482 e.